The van der Waals surface area contributed by atoms with Crippen molar-refractivity contribution < 1.29 is 9.84 Å². The molecule has 0 bridgehead atoms. The first-order valence-electron chi connectivity index (χ1n) is 5.71. The minimum absolute atomic E-state index is 0.446. The Morgan fingerprint density at radius 2 is 2.21 bits per heavy atom. The van der Waals surface area contributed by atoms with Gasteiger partial charge in [0.05, 0.1) is 18.2 Å². The summed E-state index contributed by atoms with van der Waals surface area (Å²) in [6.07, 6.45) is 2.91. The number of aliphatic hydroxyl groups is 1. The number of pyridine rings is 1. The van der Waals surface area contributed by atoms with Crippen LogP contribution in [0.25, 0.3) is 0 Å². The highest BCUT2D eigenvalue weighted by Crippen LogP contribution is 2.29. The van der Waals surface area contributed by atoms with E-state index >= 15 is 0 Å². The van der Waals surface area contributed by atoms with E-state index in [1.54, 1.807) is 19.4 Å². The van der Waals surface area contributed by atoms with E-state index in [9.17, 15) is 5.11 Å². The average molecular weight is 343 g/mol. The van der Waals surface area contributed by atoms with Gasteiger partial charge in [-0.15, -0.1) is 0 Å². The van der Waals surface area contributed by atoms with E-state index in [4.69, 9.17) is 16.3 Å². The van der Waals surface area contributed by atoms with Gasteiger partial charge in [-0.25, -0.2) is 0 Å². The summed E-state index contributed by atoms with van der Waals surface area (Å²) < 4.78 is 6.11. The van der Waals surface area contributed by atoms with Gasteiger partial charge in [-0.3, -0.25) is 4.98 Å². The molecule has 1 aromatic carbocycles. The Labute approximate surface area is 125 Å². The number of ether oxygens (including phenoxy) is 1. The average Bonchev–Trinajstić information content (AvgIpc) is 2.41. The Hall–Kier alpha value is -1.10. The van der Waals surface area contributed by atoms with Crippen LogP contribution in [0.4, 0.5) is 0 Å². The highest BCUT2D eigenvalue weighted by atomic mass is 79.9. The van der Waals surface area contributed by atoms with Gasteiger partial charge in [0.15, 0.2) is 0 Å². The zero-order chi connectivity index (χ0) is 13.8. The van der Waals surface area contributed by atoms with Gasteiger partial charge in [0.1, 0.15) is 5.75 Å². The summed E-state index contributed by atoms with van der Waals surface area (Å²) >= 11 is 9.49. The molecule has 3 nitrogen and oxygen atoms in total. The third-order valence-electron chi connectivity index (χ3n) is 2.83. The Morgan fingerprint density at radius 1 is 1.42 bits per heavy atom. The van der Waals surface area contributed by atoms with E-state index in [2.05, 4.69) is 20.9 Å². The second-order valence-corrected chi connectivity index (χ2v) is 5.34. The summed E-state index contributed by atoms with van der Waals surface area (Å²) in [6.45, 7) is 0. The van der Waals surface area contributed by atoms with Gasteiger partial charge in [0.2, 0.25) is 0 Å². The molecule has 0 aliphatic heterocycles. The zero-order valence-corrected chi connectivity index (χ0v) is 12.6. The summed E-state index contributed by atoms with van der Waals surface area (Å²) in [5.41, 5.74) is 1.63. The number of rotatable bonds is 4. The van der Waals surface area contributed by atoms with Crippen molar-refractivity contribution in [3.63, 3.8) is 0 Å². The van der Waals surface area contributed by atoms with E-state index in [1.165, 1.54) is 6.20 Å². The van der Waals surface area contributed by atoms with Crippen LogP contribution in [0, 0.1) is 0 Å². The largest absolute Gasteiger partial charge is 0.497 e. The summed E-state index contributed by atoms with van der Waals surface area (Å²) in [5, 5.41) is 10.7. The number of hydrogen-bond donors (Lipinski definition) is 1. The summed E-state index contributed by atoms with van der Waals surface area (Å²) in [7, 11) is 1.61. The Morgan fingerprint density at radius 3 is 2.89 bits per heavy atom. The fraction of sp³-hybridized carbons (Fsp3) is 0.214. The van der Waals surface area contributed by atoms with Crippen molar-refractivity contribution in [3.05, 3.63) is 57.3 Å². The van der Waals surface area contributed by atoms with Gasteiger partial charge in [-0.1, -0.05) is 27.5 Å². The van der Waals surface area contributed by atoms with Gasteiger partial charge in [-0.2, -0.15) is 0 Å². The Bertz CT molecular complexity index is 577. The molecule has 1 aromatic heterocycles. The molecule has 0 saturated heterocycles. The maximum atomic E-state index is 10.3. The molecular formula is C14H13BrClNO2. The number of hydrogen-bond acceptors (Lipinski definition) is 3. The lowest BCUT2D eigenvalue weighted by Crippen LogP contribution is -2.03. The lowest BCUT2D eigenvalue weighted by atomic mass is 10.0. The van der Waals surface area contributed by atoms with Crippen molar-refractivity contribution in [2.75, 3.05) is 7.11 Å². The van der Waals surface area contributed by atoms with Crippen molar-refractivity contribution in [2.24, 2.45) is 0 Å². The van der Waals surface area contributed by atoms with Crippen LogP contribution in [-0.4, -0.2) is 17.2 Å². The molecule has 1 unspecified atom stereocenters. The number of aromatic nitrogens is 1. The van der Waals surface area contributed by atoms with Crippen molar-refractivity contribution in [1.29, 1.82) is 0 Å². The molecule has 0 spiro atoms. The molecule has 1 atom stereocenters. The van der Waals surface area contributed by atoms with E-state index < -0.39 is 6.10 Å². The maximum absolute atomic E-state index is 10.3. The number of halogens is 2. The molecule has 5 heteroatoms. The molecule has 0 aliphatic carbocycles. The minimum Gasteiger partial charge on any atom is -0.497 e. The predicted molar refractivity (Wildman–Crippen MR) is 78.6 cm³/mol. The number of aliphatic hydroxyl groups excluding tert-OH is 1. The lowest BCUT2D eigenvalue weighted by Gasteiger charge is -2.14. The molecule has 0 fully saturated rings. The zero-order valence-electron chi connectivity index (χ0n) is 10.3. The Kier molecular flexibility index (Phi) is 4.80. The molecular weight excluding hydrogens is 330 g/mol. The van der Waals surface area contributed by atoms with E-state index in [-0.39, 0.29) is 0 Å². The van der Waals surface area contributed by atoms with Crippen LogP contribution < -0.4 is 4.74 Å². The number of benzene rings is 1. The number of methoxy groups -OCH3 is 1. The molecule has 2 rings (SSSR count). The van der Waals surface area contributed by atoms with Crippen molar-refractivity contribution in [1.82, 2.24) is 4.98 Å². The van der Waals surface area contributed by atoms with Crippen LogP contribution in [0.1, 0.15) is 17.2 Å². The first-order chi connectivity index (χ1) is 9.11. The first kappa shape index (κ1) is 14.3. The Balaban J connectivity index is 2.24. The summed E-state index contributed by atoms with van der Waals surface area (Å²) in [5.74, 6) is 0.756. The fourth-order valence-corrected chi connectivity index (χ4v) is 2.46. The van der Waals surface area contributed by atoms with Gasteiger partial charge >= 0.3 is 0 Å². The highest BCUT2D eigenvalue weighted by molar-refractivity contribution is 9.10. The standard InChI is InChI=1S/C14H13BrClNO2/c1-19-10-2-3-12(15)9(6-10)7-14(18)11-4-5-17-8-13(11)16/h2-6,8,14,18H,7H2,1H3. The molecule has 0 amide bonds. The predicted octanol–water partition coefficient (Wildman–Crippen LogP) is 3.78. The molecule has 0 aliphatic rings. The summed E-state index contributed by atoms with van der Waals surface area (Å²) in [4.78, 5) is 3.91. The second-order valence-electron chi connectivity index (χ2n) is 4.07. The quantitative estimate of drug-likeness (QED) is 0.919. The molecule has 0 radical (unpaired) electrons. The summed E-state index contributed by atoms with van der Waals surface area (Å²) in [6, 6.07) is 7.37. The topological polar surface area (TPSA) is 42.4 Å². The minimum atomic E-state index is -0.682. The van der Waals surface area contributed by atoms with E-state index in [0.717, 1.165) is 15.8 Å². The first-order valence-corrected chi connectivity index (χ1v) is 6.89. The SMILES string of the molecule is COc1ccc(Br)c(CC(O)c2ccncc2Cl)c1. The number of nitrogens with zero attached hydrogens (tertiary/aromatic N) is 1. The van der Waals surface area contributed by atoms with E-state index in [0.29, 0.717) is 17.0 Å². The molecule has 1 heterocycles. The molecule has 100 valence electrons. The smallest absolute Gasteiger partial charge is 0.119 e. The fourth-order valence-electron chi connectivity index (χ4n) is 1.81. The van der Waals surface area contributed by atoms with Crippen molar-refractivity contribution >= 4 is 27.5 Å². The van der Waals surface area contributed by atoms with Crippen molar-refractivity contribution in [2.45, 2.75) is 12.5 Å². The van der Waals surface area contributed by atoms with Crippen LogP contribution in [0.15, 0.2) is 41.1 Å². The third kappa shape index (κ3) is 3.47. The monoisotopic (exact) mass is 341 g/mol. The van der Waals surface area contributed by atoms with Gasteiger partial charge < -0.3 is 9.84 Å². The molecule has 19 heavy (non-hydrogen) atoms. The van der Waals surface area contributed by atoms with Crippen LogP contribution in [0.2, 0.25) is 5.02 Å². The van der Waals surface area contributed by atoms with Crippen LogP contribution >= 0.6 is 27.5 Å². The second kappa shape index (κ2) is 6.37. The van der Waals surface area contributed by atoms with Crippen molar-refractivity contribution in [3.8, 4) is 5.75 Å². The molecule has 1 N–H and O–H groups in total. The lowest BCUT2D eigenvalue weighted by molar-refractivity contribution is 0.178. The van der Waals surface area contributed by atoms with Crippen LogP contribution in [0.5, 0.6) is 5.75 Å². The van der Waals surface area contributed by atoms with E-state index in [1.807, 2.05) is 18.2 Å². The highest BCUT2D eigenvalue weighted by Gasteiger charge is 2.14. The van der Waals surface area contributed by atoms with Gasteiger partial charge in [-0.05, 0) is 29.8 Å². The molecule has 2 aromatic rings. The maximum Gasteiger partial charge on any atom is 0.119 e. The van der Waals surface area contributed by atoms with Gasteiger partial charge in [0, 0.05) is 28.9 Å². The normalized spacial score (nSPS) is 12.2. The van der Waals surface area contributed by atoms with Gasteiger partial charge in [0.25, 0.3) is 0 Å². The van der Waals surface area contributed by atoms with Crippen LogP contribution in [-0.2, 0) is 6.42 Å². The molecule has 0 saturated carbocycles. The van der Waals surface area contributed by atoms with Crippen LogP contribution in [0.3, 0.4) is 0 Å². The third-order valence-corrected chi connectivity index (χ3v) is 3.92.